The lowest BCUT2D eigenvalue weighted by molar-refractivity contribution is 0.242. The van der Waals surface area contributed by atoms with Crippen LogP contribution in [-0.4, -0.2) is 23.6 Å². The van der Waals surface area contributed by atoms with E-state index in [9.17, 15) is 0 Å². The quantitative estimate of drug-likeness (QED) is 0.870. The molecule has 4 heteroatoms. The van der Waals surface area contributed by atoms with Gasteiger partial charge in [0.15, 0.2) is 0 Å². The predicted molar refractivity (Wildman–Crippen MR) is 73.1 cm³/mol. The van der Waals surface area contributed by atoms with Crippen molar-refractivity contribution < 1.29 is 4.74 Å². The minimum absolute atomic E-state index is 0.312. The van der Waals surface area contributed by atoms with Crippen LogP contribution in [0.3, 0.4) is 0 Å². The first-order valence-corrected chi connectivity index (χ1v) is 6.88. The van der Waals surface area contributed by atoms with Crippen LogP contribution in [0.1, 0.15) is 51.3 Å². The Morgan fingerprint density at radius 2 is 2.06 bits per heavy atom. The molecule has 1 saturated carbocycles. The Kier molecular flexibility index (Phi) is 4.39. The van der Waals surface area contributed by atoms with E-state index >= 15 is 0 Å². The third-order valence-electron chi connectivity index (χ3n) is 3.43. The third-order valence-corrected chi connectivity index (χ3v) is 3.43. The number of aromatic nitrogens is 2. The zero-order valence-electron chi connectivity index (χ0n) is 11.6. The maximum absolute atomic E-state index is 5.83. The monoisotopic (exact) mass is 249 g/mol. The molecule has 1 aromatic heterocycles. The summed E-state index contributed by atoms with van der Waals surface area (Å²) in [5.74, 6) is 3.39. The molecule has 1 N–H and O–H groups in total. The van der Waals surface area contributed by atoms with Gasteiger partial charge in [-0.25, -0.2) is 4.98 Å². The standard InChI is InChI=1S/C14H23N3O/c1-10(2)14-16-12(15-3)8-13(17-14)18-9-11-6-4-5-7-11/h8,10-11H,4-7,9H2,1-3H3,(H,15,16,17). The van der Waals surface area contributed by atoms with E-state index in [4.69, 9.17) is 4.74 Å². The highest BCUT2D eigenvalue weighted by Gasteiger charge is 2.16. The number of anilines is 1. The van der Waals surface area contributed by atoms with Gasteiger partial charge in [-0.2, -0.15) is 4.98 Å². The number of hydrogen-bond acceptors (Lipinski definition) is 4. The molecule has 1 heterocycles. The molecule has 0 spiro atoms. The van der Waals surface area contributed by atoms with Crippen molar-refractivity contribution in [3.05, 3.63) is 11.9 Å². The van der Waals surface area contributed by atoms with Gasteiger partial charge in [-0.05, 0) is 18.8 Å². The molecule has 18 heavy (non-hydrogen) atoms. The van der Waals surface area contributed by atoms with E-state index in [2.05, 4.69) is 29.1 Å². The van der Waals surface area contributed by atoms with Gasteiger partial charge in [0, 0.05) is 19.0 Å². The van der Waals surface area contributed by atoms with Gasteiger partial charge < -0.3 is 10.1 Å². The predicted octanol–water partition coefficient (Wildman–Crippen LogP) is 3.21. The van der Waals surface area contributed by atoms with E-state index in [1.54, 1.807) is 0 Å². The summed E-state index contributed by atoms with van der Waals surface area (Å²) < 4.78 is 5.83. The first-order chi connectivity index (χ1) is 8.69. The average molecular weight is 249 g/mol. The zero-order valence-corrected chi connectivity index (χ0v) is 11.6. The van der Waals surface area contributed by atoms with Gasteiger partial charge in [0.25, 0.3) is 0 Å². The fraction of sp³-hybridized carbons (Fsp3) is 0.714. The average Bonchev–Trinajstić information content (AvgIpc) is 2.89. The van der Waals surface area contributed by atoms with Crippen molar-refractivity contribution in [2.45, 2.75) is 45.4 Å². The van der Waals surface area contributed by atoms with Crippen molar-refractivity contribution in [1.29, 1.82) is 0 Å². The smallest absolute Gasteiger partial charge is 0.218 e. The molecule has 2 rings (SSSR count). The van der Waals surface area contributed by atoms with Gasteiger partial charge in [0.05, 0.1) is 6.61 Å². The minimum Gasteiger partial charge on any atom is -0.477 e. The molecule has 1 fully saturated rings. The first-order valence-electron chi connectivity index (χ1n) is 6.88. The Morgan fingerprint density at radius 1 is 1.33 bits per heavy atom. The van der Waals surface area contributed by atoms with Crippen molar-refractivity contribution in [1.82, 2.24) is 9.97 Å². The summed E-state index contributed by atoms with van der Waals surface area (Å²) in [6, 6.07) is 1.88. The molecule has 0 amide bonds. The van der Waals surface area contributed by atoms with Crippen LogP contribution in [0.15, 0.2) is 6.07 Å². The fourth-order valence-corrected chi connectivity index (χ4v) is 2.28. The summed E-state index contributed by atoms with van der Waals surface area (Å²) in [4.78, 5) is 8.90. The van der Waals surface area contributed by atoms with Crippen molar-refractivity contribution in [3.8, 4) is 5.88 Å². The molecule has 0 atom stereocenters. The number of nitrogens with one attached hydrogen (secondary N) is 1. The highest BCUT2D eigenvalue weighted by atomic mass is 16.5. The number of rotatable bonds is 5. The van der Waals surface area contributed by atoms with Gasteiger partial charge in [0.1, 0.15) is 11.6 Å². The summed E-state index contributed by atoms with van der Waals surface area (Å²) in [6.07, 6.45) is 5.27. The molecule has 100 valence electrons. The summed E-state index contributed by atoms with van der Waals surface area (Å²) in [7, 11) is 1.87. The SMILES string of the molecule is CNc1cc(OCC2CCCC2)nc(C(C)C)n1. The Morgan fingerprint density at radius 3 is 2.67 bits per heavy atom. The summed E-state index contributed by atoms with van der Waals surface area (Å²) in [6.45, 7) is 4.97. The number of hydrogen-bond donors (Lipinski definition) is 1. The van der Waals surface area contributed by atoms with E-state index in [0.29, 0.717) is 17.7 Å². The summed E-state index contributed by atoms with van der Waals surface area (Å²) >= 11 is 0. The van der Waals surface area contributed by atoms with Crippen molar-refractivity contribution >= 4 is 5.82 Å². The molecule has 0 bridgehead atoms. The second-order valence-corrected chi connectivity index (χ2v) is 5.32. The van der Waals surface area contributed by atoms with E-state index < -0.39 is 0 Å². The molecule has 0 unspecified atom stereocenters. The molecule has 1 aliphatic rings. The van der Waals surface area contributed by atoms with Crippen LogP contribution >= 0.6 is 0 Å². The van der Waals surface area contributed by atoms with Crippen LogP contribution in [0.5, 0.6) is 5.88 Å². The maximum atomic E-state index is 5.83. The van der Waals surface area contributed by atoms with Gasteiger partial charge in [-0.15, -0.1) is 0 Å². The molecule has 1 aromatic rings. The van der Waals surface area contributed by atoms with Crippen LogP contribution in [0.25, 0.3) is 0 Å². The normalized spacial score (nSPS) is 16.2. The van der Waals surface area contributed by atoms with Crippen molar-refractivity contribution in [2.24, 2.45) is 5.92 Å². The largest absolute Gasteiger partial charge is 0.477 e. The molecule has 0 aliphatic heterocycles. The Hall–Kier alpha value is -1.32. The Labute approximate surface area is 109 Å². The number of nitrogens with zero attached hydrogens (tertiary/aromatic N) is 2. The lowest BCUT2D eigenvalue weighted by Crippen LogP contribution is -2.11. The molecular formula is C14H23N3O. The van der Waals surface area contributed by atoms with Crippen LogP contribution in [0.2, 0.25) is 0 Å². The third kappa shape index (κ3) is 3.34. The van der Waals surface area contributed by atoms with Gasteiger partial charge in [-0.3, -0.25) is 0 Å². The Bertz CT molecular complexity index is 387. The molecule has 0 saturated heterocycles. The lowest BCUT2D eigenvalue weighted by atomic mass is 10.1. The van der Waals surface area contributed by atoms with Crippen LogP contribution < -0.4 is 10.1 Å². The maximum Gasteiger partial charge on any atom is 0.218 e. The molecule has 4 nitrogen and oxygen atoms in total. The Balaban J connectivity index is 2.03. The first kappa shape index (κ1) is 13.1. The second-order valence-electron chi connectivity index (χ2n) is 5.32. The van der Waals surface area contributed by atoms with Crippen LogP contribution in [0.4, 0.5) is 5.82 Å². The molecular weight excluding hydrogens is 226 g/mol. The van der Waals surface area contributed by atoms with E-state index in [1.165, 1.54) is 25.7 Å². The van der Waals surface area contributed by atoms with Gasteiger partial charge >= 0.3 is 0 Å². The van der Waals surface area contributed by atoms with E-state index in [0.717, 1.165) is 18.2 Å². The molecule has 0 aromatic carbocycles. The minimum atomic E-state index is 0.312. The van der Waals surface area contributed by atoms with Crippen molar-refractivity contribution in [3.63, 3.8) is 0 Å². The molecule has 1 aliphatic carbocycles. The van der Waals surface area contributed by atoms with E-state index in [1.807, 2.05) is 13.1 Å². The van der Waals surface area contributed by atoms with Gasteiger partial charge in [0.2, 0.25) is 5.88 Å². The second kappa shape index (κ2) is 6.03. The topological polar surface area (TPSA) is 47.0 Å². The van der Waals surface area contributed by atoms with Crippen LogP contribution in [0, 0.1) is 5.92 Å². The zero-order chi connectivity index (χ0) is 13.0. The van der Waals surface area contributed by atoms with Gasteiger partial charge in [-0.1, -0.05) is 26.7 Å². The van der Waals surface area contributed by atoms with E-state index in [-0.39, 0.29) is 0 Å². The highest BCUT2D eigenvalue weighted by molar-refractivity contribution is 5.38. The highest BCUT2D eigenvalue weighted by Crippen LogP contribution is 2.26. The van der Waals surface area contributed by atoms with Crippen LogP contribution in [-0.2, 0) is 0 Å². The summed E-state index contributed by atoms with van der Waals surface area (Å²) in [5.41, 5.74) is 0. The van der Waals surface area contributed by atoms with Crippen molar-refractivity contribution in [2.75, 3.05) is 19.0 Å². The molecule has 0 radical (unpaired) electrons. The lowest BCUT2D eigenvalue weighted by Gasteiger charge is -2.13. The fourth-order valence-electron chi connectivity index (χ4n) is 2.28. The number of ether oxygens (including phenoxy) is 1. The summed E-state index contributed by atoms with van der Waals surface area (Å²) in [5, 5.41) is 3.06.